The zero-order chi connectivity index (χ0) is 14.2. The zero-order valence-electron chi connectivity index (χ0n) is 9.70. The van der Waals surface area contributed by atoms with Crippen molar-refractivity contribution in [1.29, 1.82) is 0 Å². The summed E-state index contributed by atoms with van der Waals surface area (Å²) in [5.74, 6) is -1.40. The second-order valence-electron chi connectivity index (χ2n) is 3.92. The lowest BCUT2D eigenvalue weighted by Gasteiger charge is -2.12. The van der Waals surface area contributed by atoms with Crippen LogP contribution in [-0.4, -0.2) is 10.1 Å². The van der Waals surface area contributed by atoms with Crippen molar-refractivity contribution < 1.29 is 22.7 Å². The summed E-state index contributed by atoms with van der Waals surface area (Å²) in [6.45, 7) is 1.73. The Labute approximate surface area is 110 Å². The number of thiazole rings is 1. The molecule has 1 atom stereocenters. The summed E-state index contributed by atoms with van der Waals surface area (Å²) in [7, 11) is 0. The van der Waals surface area contributed by atoms with E-state index in [1.54, 1.807) is 6.92 Å². The third-order valence-electron chi connectivity index (χ3n) is 2.52. The fourth-order valence-corrected chi connectivity index (χ4v) is 2.40. The van der Waals surface area contributed by atoms with E-state index in [1.807, 2.05) is 0 Å². The monoisotopic (exact) mass is 291 g/mol. The lowest BCUT2D eigenvalue weighted by Crippen LogP contribution is -2.09. The van der Waals surface area contributed by atoms with Crippen LogP contribution in [0.25, 0.3) is 0 Å². The summed E-state index contributed by atoms with van der Waals surface area (Å²) in [5.41, 5.74) is -1.28. The number of aliphatic hydroxyl groups excluding tert-OH is 1. The molecule has 0 aliphatic heterocycles. The number of aryl methyl sites for hydroxylation is 1. The number of rotatable bonds is 2. The summed E-state index contributed by atoms with van der Waals surface area (Å²) >= 11 is 1.20. The average Bonchev–Trinajstić information content (AvgIpc) is 2.73. The van der Waals surface area contributed by atoms with Gasteiger partial charge in [-0.3, -0.25) is 0 Å². The van der Waals surface area contributed by atoms with Crippen molar-refractivity contribution in [2.24, 2.45) is 0 Å². The highest BCUT2D eigenvalue weighted by Gasteiger charge is 2.34. The van der Waals surface area contributed by atoms with Gasteiger partial charge in [-0.2, -0.15) is 13.2 Å². The predicted octanol–water partition coefficient (Wildman–Crippen LogP) is 3.69. The zero-order valence-corrected chi connectivity index (χ0v) is 10.5. The maximum absolute atomic E-state index is 13.4. The largest absolute Gasteiger partial charge is 0.419 e. The Bertz CT molecular complexity index is 594. The van der Waals surface area contributed by atoms with E-state index in [-0.39, 0.29) is 5.56 Å². The first-order valence-corrected chi connectivity index (χ1v) is 6.07. The van der Waals surface area contributed by atoms with E-state index in [4.69, 9.17) is 0 Å². The molecule has 0 saturated heterocycles. The van der Waals surface area contributed by atoms with Crippen molar-refractivity contribution in [2.75, 3.05) is 0 Å². The van der Waals surface area contributed by atoms with Crippen LogP contribution < -0.4 is 0 Å². The van der Waals surface area contributed by atoms with Gasteiger partial charge in [-0.05, 0) is 24.6 Å². The van der Waals surface area contributed by atoms with E-state index in [1.165, 1.54) is 17.5 Å². The number of benzene rings is 1. The highest BCUT2D eigenvalue weighted by molar-refractivity contribution is 7.11. The Morgan fingerprint density at radius 3 is 2.47 bits per heavy atom. The fraction of sp³-hybridized carbons (Fsp3) is 0.250. The first kappa shape index (κ1) is 14.0. The van der Waals surface area contributed by atoms with Crippen LogP contribution in [0, 0.1) is 12.7 Å². The van der Waals surface area contributed by atoms with Crippen LogP contribution in [0.2, 0.25) is 0 Å². The molecule has 0 radical (unpaired) electrons. The molecule has 1 heterocycles. The highest BCUT2D eigenvalue weighted by Crippen LogP contribution is 2.34. The molecular weight excluding hydrogens is 282 g/mol. The van der Waals surface area contributed by atoms with Crippen LogP contribution in [0.1, 0.15) is 27.1 Å². The quantitative estimate of drug-likeness (QED) is 0.856. The van der Waals surface area contributed by atoms with Crippen molar-refractivity contribution in [3.05, 3.63) is 51.2 Å². The molecule has 1 aromatic carbocycles. The van der Waals surface area contributed by atoms with E-state index in [0.29, 0.717) is 22.0 Å². The number of nitrogens with zero attached hydrogens (tertiary/aromatic N) is 1. The van der Waals surface area contributed by atoms with Gasteiger partial charge in [-0.15, -0.1) is 11.3 Å². The number of aliphatic hydroxyl groups is 1. The fourth-order valence-electron chi connectivity index (χ4n) is 1.60. The molecule has 1 N–H and O–H groups in total. The smallest absolute Gasteiger partial charge is 0.383 e. The van der Waals surface area contributed by atoms with Gasteiger partial charge in [-0.1, -0.05) is 6.07 Å². The third kappa shape index (κ3) is 2.93. The molecule has 2 aromatic rings. The van der Waals surface area contributed by atoms with Crippen LogP contribution in [-0.2, 0) is 6.18 Å². The van der Waals surface area contributed by atoms with Gasteiger partial charge in [0.15, 0.2) is 0 Å². The van der Waals surface area contributed by atoms with Gasteiger partial charge in [-0.25, -0.2) is 9.37 Å². The molecular formula is C12H9F4NOS. The minimum atomic E-state index is -4.74. The Morgan fingerprint density at radius 1 is 1.32 bits per heavy atom. The van der Waals surface area contributed by atoms with Crippen molar-refractivity contribution in [1.82, 2.24) is 4.98 Å². The molecule has 0 bridgehead atoms. The molecule has 1 unspecified atom stereocenters. The van der Waals surface area contributed by atoms with Crippen LogP contribution in [0.4, 0.5) is 17.6 Å². The molecule has 0 aliphatic carbocycles. The van der Waals surface area contributed by atoms with Gasteiger partial charge in [0.25, 0.3) is 0 Å². The average molecular weight is 291 g/mol. The highest BCUT2D eigenvalue weighted by atomic mass is 32.1. The molecule has 0 saturated carbocycles. The second kappa shape index (κ2) is 4.90. The molecule has 1 aromatic heterocycles. The topological polar surface area (TPSA) is 33.1 Å². The first-order chi connectivity index (χ1) is 8.79. The summed E-state index contributed by atoms with van der Waals surface area (Å²) in [4.78, 5) is 4.38. The molecule has 102 valence electrons. The van der Waals surface area contributed by atoms with Gasteiger partial charge in [0.2, 0.25) is 0 Å². The molecule has 0 aliphatic rings. The number of aromatic nitrogens is 1. The third-order valence-corrected chi connectivity index (χ3v) is 3.49. The van der Waals surface area contributed by atoms with Crippen LogP contribution in [0.15, 0.2) is 24.4 Å². The van der Waals surface area contributed by atoms with Crippen molar-refractivity contribution in [3.63, 3.8) is 0 Å². The van der Waals surface area contributed by atoms with Crippen LogP contribution in [0.3, 0.4) is 0 Å². The minimum Gasteiger partial charge on any atom is -0.383 e. The van der Waals surface area contributed by atoms with Crippen molar-refractivity contribution >= 4 is 11.3 Å². The van der Waals surface area contributed by atoms with E-state index < -0.39 is 23.7 Å². The Morgan fingerprint density at radius 2 is 2.00 bits per heavy atom. The predicted molar refractivity (Wildman–Crippen MR) is 62.3 cm³/mol. The number of halogens is 4. The molecule has 7 heteroatoms. The molecule has 0 amide bonds. The SMILES string of the molecule is Cc1ncc(C(O)c2ccc(C(F)(F)F)c(F)c2)s1. The van der Waals surface area contributed by atoms with Crippen molar-refractivity contribution in [3.8, 4) is 0 Å². The minimum absolute atomic E-state index is 0.0640. The van der Waals surface area contributed by atoms with Crippen LogP contribution >= 0.6 is 11.3 Å². The van der Waals surface area contributed by atoms with Crippen LogP contribution in [0.5, 0.6) is 0 Å². The van der Waals surface area contributed by atoms with Gasteiger partial charge >= 0.3 is 6.18 Å². The normalized spacial score (nSPS) is 13.6. The Hall–Kier alpha value is -1.47. The van der Waals surface area contributed by atoms with Gasteiger partial charge in [0.05, 0.1) is 15.4 Å². The summed E-state index contributed by atoms with van der Waals surface area (Å²) < 4.78 is 50.6. The maximum Gasteiger partial charge on any atom is 0.419 e. The maximum atomic E-state index is 13.4. The van der Waals surface area contributed by atoms with E-state index in [2.05, 4.69) is 4.98 Å². The molecule has 2 rings (SSSR count). The summed E-state index contributed by atoms with van der Waals surface area (Å²) in [6.07, 6.45) is -4.50. The standard InChI is InChI=1S/C12H9F4NOS/c1-6-17-5-10(19-6)11(18)7-2-3-8(9(13)4-7)12(14,15)16/h2-5,11,18H,1H3. The molecule has 19 heavy (non-hydrogen) atoms. The lowest BCUT2D eigenvalue weighted by atomic mass is 10.1. The molecule has 0 fully saturated rings. The van der Waals surface area contributed by atoms with Gasteiger partial charge < -0.3 is 5.11 Å². The van der Waals surface area contributed by atoms with E-state index in [0.717, 1.165) is 6.07 Å². The van der Waals surface area contributed by atoms with Crippen molar-refractivity contribution in [2.45, 2.75) is 19.2 Å². The van der Waals surface area contributed by atoms with Gasteiger partial charge in [0.1, 0.15) is 11.9 Å². The van der Waals surface area contributed by atoms with E-state index >= 15 is 0 Å². The summed E-state index contributed by atoms with van der Waals surface area (Å²) in [6, 6.07) is 2.38. The van der Waals surface area contributed by atoms with Gasteiger partial charge in [0, 0.05) is 6.20 Å². The number of hydrogen-bond donors (Lipinski definition) is 1. The molecule has 2 nitrogen and oxygen atoms in total. The lowest BCUT2D eigenvalue weighted by molar-refractivity contribution is -0.140. The molecule has 0 spiro atoms. The number of alkyl halides is 3. The first-order valence-electron chi connectivity index (χ1n) is 5.26. The number of hydrogen-bond acceptors (Lipinski definition) is 3. The Balaban J connectivity index is 2.35. The Kier molecular flexibility index (Phi) is 3.60. The second-order valence-corrected chi connectivity index (χ2v) is 5.19. The van der Waals surface area contributed by atoms with E-state index in [9.17, 15) is 22.7 Å². The summed E-state index contributed by atoms with van der Waals surface area (Å²) in [5, 5.41) is 10.7.